The number of hydrogen-bond acceptors (Lipinski definition) is 5. The van der Waals surface area contributed by atoms with E-state index in [2.05, 4.69) is 15.5 Å². The van der Waals surface area contributed by atoms with Gasteiger partial charge in [0.05, 0.1) is 0 Å². The molecule has 0 aliphatic rings. The fourth-order valence-electron chi connectivity index (χ4n) is 2.81. The van der Waals surface area contributed by atoms with Crippen LogP contribution in [0.5, 0.6) is 0 Å². The molecule has 0 bridgehead atoms. The van der Waals surface area contributed by atoms with E-state index in [0.29, 0.717) is 11.9 Å². The van der Waals surface area contributed by atoms with Crippen LogP contribution in [0.1, 0.15) is 46.7 Å². The number of carbonyl (C=O) groups is 1. The minimum atomic E-state index is -3.13. The smallest absolute Gasteiger partial charge is 0.268 e. The van der Waals surface area contributed by atoms with Gasteiger partial charge in [0.1, 0.15) is 23.8 Å². The molecule has 3 rings (SSSR count). The summed E-state index contributed by atoms with van der Waals surface area (Å²) in [6, 6.07) is 5.48. The molecule has 1 aromatic heterocycles. The van der Waals surface area contributed by atoms with E-state index in [0.717, 1.165) is 24.3 Å². The van der Waals surface area contributed by atoms with Crippen molar-refractivity contribution in [1.82, 2.24) is 15.5 Å². The Morgan fingerprint density at radius 3 is 2.50 bits per heavy atom. The highest BCUT2D eigenvalue weighted by atomic mass is 19.3. The zero-order valence-corrected chi connectivity index (χ0v) is 15.9. The molecule has 6 nitrogen and oxygen atoms in total. The van der Waals surface area contributed by atoms with Gasteiger partial charge in [0, 0.05) is 17.2 Å². The molecule has 1 unspecified atom stereocenters. The van der Waals surface area contributed by atoms with Crippen molar-refractivity contribution in [2.45, 2.75) is 32.4 Å². The molecule has 0 spiro atoms. The van der Waals surface area contributed by atoms with Crippen molar-refractivity contribution in [1.29, 1.82) is 0 Å². The van der Waals surface area contributed by atoms with Gasteiger partial charge >= 0.3 is 0 Å². The van der Waals surface area contributed by atoms with Gasteiger partial charge in [-0.05, 0) is 55.3 Å². The summed E-state index contributed by atoms with van der Waals surface area (Å²) in [6.07, 6.45) is -5.33. The lowest BCUT2D eigenvalue weighted by molar-refractivity contribution is -0.00579. The summed E-state index contributed by atoms with van der Waals surface area (Å²) >= 11 is 0. The number of aliphatic hydroxyl groups excluding tert-OH is 1. The first-order chi connectivity index (χ1) is 14.2. The van der Waals surface area contributed by atoms with E-state index in [4.69, 9.17) is 4.52 Å². The first-order valence-electron chi connectivity index (χ1n) is 8.83. The molecule has 10 heteroatoms. The molecule has 0 fully saturated rings. The lowest BCUT2D eigenvalue weighted by Gasteiger charge is -2.16. The van der Waals surface area contributed by atoms with Crippen LogP contribution >= 0.6 is 0 Å². The number of hydrogen-bond donors (Lipinski definition) is 2. The summed E-state index contributed by atoms with van der Waals surface area (Å²) in [5.41, 5.74) is -0.503. The van der Waals surface area contributed by atoms with E-state index < -0.39 is 36.1 Å². The van der Waals surface area contributed by atoms with Crippen molar-refractivity contribution in [3.05, 3.63) is 70.9 Å². The monoisotopic (exact) mass is 423 g/mol. The van der Waals surface area contributed by atoms with Crippen LogP contribution in [0.25, 0.3) is 11.1 Å². The van der Waals surface area contributed by atoms with Gasteiger partial charge in [-0.2, -0.15) is 4.98 Å². The largest absolute Gasteiger partial charge is 0.382 e. The lowest BCUT2D eigenvalue weighted by Crippen LogP contribution is -2.27. The first kappa shape index (κ1) is 21.4. The third-order valence-corrected chi connectivity index (χ3v) is 4.30. The van der Waals surface area contributed by atoms with Crippen molar-refractivity contribution >= 4 is 5.91 Å². The number of aryl methyl sites for hydroxylation is 1. The van der Waals surface area contributed by atoms with Crippen LogP contribution in [-0.4, -0.2) is 27.6 Å². The van der Waals surface area contributed by atoms with E-state index in [-0.39, 0.29) is 28.1 Å². The molecular formula is C20H17F4N3O3. The number of aromatic nitrogens is 2. The van der Waals surface area contributed by atoms with Gasteiger partial charge in [0.2, 0.25) is 5.89 Å². The topological polar surface area (TPSA) is 88.2 Å². The Kier molecular flexibility index (Phi) is 6.16. The third kappa shape index (κ3) is 4.65. The van der Waals surface area contributed by atoms with Gasteiger partial charge in [-0.1, -0.05) is 5.16 Å². The van der Waals surface area contributed by atoms with Crippen LogP contribution in [0.15, 0.2) is 40.9 Å². The fraction of sp³-hybridized carbons (Fsp3) is 0.250. The molecule has 0 aliphatic carbocycles. The van der Waals surface area contributed by atoms with Crippen molar-refractivity contribution in [3.63, 3.8) is 0 Å². The highest BCUT2D eigenvalue weighted by Gasteiger charge is 2.23. The molecule has 1 heterocycles. The summed E-state index contributed by atoms with van der Waals surface area (Å²) in [5.74, 6) is -1.97. The molecule has 158 valence electrons. The minimum Gasteiger partial charge on any atom is -0.382 e. The highest BCUT2D eigenvalue weighted by Crippen LogP contribution is 2.30. The Balaban J connectivity index is 2.00. The summed E-state index contributed by atoms with van der Waals surface area (Å²) in [4.78, 5) is 16.7. The number of benzene rings is 2. The van der Waals surface area contributed by atoms with E-state index in [1.807, 2.05) is 0 Å². The van der Waals surface area contributed by atoms with Crippen molar-refractivity contribution in [2.75, 3.05) is 0 Å². The number of nitrogens with one attached hydrogen (secondary N) is 1. The van der Waals surface area contributed by atoms with Gasteiger partial charge in [-0.25, -0.2) is 17.6 Å². The predicted molar refractivity (Wildman–Crippen MR) is 97.7 cm³/mol. The SMILES string of the molecule is Cc1noc([C@@H](C)NC(=O)c2cc(-c3ccc(F)cc3F)cc(C(O)C(F)F)c2)n1. The zero-order chi connectivity index (χ0) is 22.0. The molecule has 30 heavy (non-hydrogen) atoms. The number of rotatable bonds is 6. The Hall–Kier alpha value is -3.27. The van der Waals surface area contributed by atoms with E-state index >= 15 is 0 Å². The number of nitrogens with zero attached hydrogens (tertiary/aromatic N) is 2. The maximum absolute atomic E-state index is 14.2. The van der Waals surface area contributed by atoms with Gasteiger partial charge in [-0.15, -0.1) is 0 Å². The molecule has 1 amide bonds. The Morgan fingerprint density at radius 1 is 1.17 bits per heavy atom. The lowest BCUT2D eigenvalue weighted by atomic mass is 9.96. The fourth-order valence-corrected chi connectivity index (χ4v) is 2.81. The van der Waals surface area contributed by atoms with E-state index in [1.165, 1.54) is 6.07 Å². The van der Waals surface area contributed by atoms with Crippen molar-refractivity contribution in [2.24, 2.45) is 0 Å². The minimum absolute atomic E-state index is 0.0242. The average molecular weight is 423 g/mol. The average Bonchev–Trinajstić information content (AvgIpc) is 3.13. The van der Waals surface area contributed by atoms with Crippen LogP contribution < -0.4 is 5.32 Å². The normalized spacial score (nSPS) is 13.3. The maximum atomic E-state index is 14.2. The Labute approximate surface area is 168 Å². The van der Waals surface area contributed by atoms with Gasteiger partial charge in [0.25, 0.3) is 12.3 Å². The molecule has 3 aromatic rings. The summed E-state index contributed by atoms with van der Waals surface area (Å²) in [7, 11) is 0. The van der Waals surface area contributed by atoms with E-state index in [9.17, 15) is 27.5 Å². The summed E-state index contributed by atoms with van der Waals surface area (Å²) in [5, 5.41) is 16.0. The molecule has 0 saturated carbocycles. The molecular weight excluding hydrogens is 406 g/mol. The zero-order valence-electron chi connectivity index (χ0n) is 15.9. The molecule has 0 aliphatic heterocycles. The number of amides is 1. The second-order valence-corrected chi connectivity index (χ2v) is 6.62. The number of aliphatic hydroxyl groups is 1. The van der Waals surface area contributed by atoms with Crippen LogP contribution in [0.3, 0.4) is 0 Å². The number of alkyl halides is 2. The van der Waals surface area contributed by atoms with Gasteiger partial charge in [0.15, 0.2) is 5.82 Å². The molecule has 0 radical (unpaired) electrons. The van der Waals surface area contributed by atoms with Crippen molar-refractivity contribution in [3.8, 4) is 11.1 Å². The number of carbonyl (C=O) groups excluding carboxylic acids is 1. The van der Waals surface area contributed by atoms with E-state index in [1.54, 1.807) is 13.8 Å². The maximum Gasteiger partial charge on any atom is 0.268 e. The second-order valence-electron chi connectivity index (χ2n) is 6.62. The second kappa shape index (κ2) is 8.62. The predicted octanol–water partition coefficient (Wildman–Crippen LogP) is 4.11. The quantitative estimate of drug-likeness (QED) is 0.583. The molecule has 2 atom stereocenters. The van der Waals surface area contributed by atoms with Gasteiger partial charge < -0.3 is 14.9 Å². The first-order valence-corrected chi connectivity index (χ1v) is 8.83. The van der Waals surface area contributed by atoms with Crippen LogP contribution in [0.4, 0.5) is 17.6 Å². The number of halogens is 4. The van der Waals surface area contributed by atoms with Gasteiger partial charge in [-0.3, -0.25) is 4.79 Å². The Morgan fingerprint density at radius 2 is 1.90 bits per heavy atom. The van der Waals surface area contributed by atoms with Crippen LogP contribution in [0, 0.1) is 18.6 Å². The molecule has 2 aromatic carbocycles. The van der Waals surface area contributed by atoms with Crippen LogP contribution in [-0.2, 0) is 0 Å². The third-order valence-electron chi connectivity index (χ3n) is 4.30. The van der Waals surface area contributed by atoms with Crippen LogP contribution in [0.2, 0.25) is 0 Å². The molecule has 0 saturated heterocycles. The molecule has 2 N–H and O–H groups in total. The highest BCUT2D eigenvalue weighted by molar-refractivity contribution is 5.96. The summed E-state index contributed by atoms with van der Waals surface area (Å²) < 4.78 is 58.5. The summed E-state index contributed by atoms with van der Waals surface area (Å²) in [6.45, 7) is 3.17. The Bertz CT molecular complexity index is 1070. The standard InChI is InChI=1S/C20H17F4N3O3/c1-9(20-26-10(2)27-30-20)25-19(29)13-6-11(5-12(7-13)17(28)18(23)24)15-4-3-14(21)8-16(15)22/h3-9,17-18,28H,1-2H3,(H,25,29)/t9-,17?/m1/s1. The van der Waals surface area contributed by atoms with Crippen molar-refractivity contribution < 1.29 is 32.0 Å².